The van der Waals surface area contributed by atoms with E-state index in [1.807, 2.05) is 0 Å². The molecule has 1 heteroatoms. The van der Waals surface area contributed by atoms with Crippen molar-refractivity contribution in [1.29, 1.82) is 0 Å². The van der Waals surface area contributed by atoms with Crippen LogP contribution < -0.4 is 0 Å². The summed E-state index contributed by atoms with van der Waals surface area (Å²) in [5.74, 6) is 0. The highest BCUT2D eigenvalue weighted by molar-refractivity contribution is 6.24. The highest BCUT2D eigenvalue weighted by Gasteiger charge is 2.26. The Bertz CT molecular complexity index is 1340. The molecule has 0 amide bonds. The first kappa shape index (κ1) is 14.1. The third-order valence-corrected chi connectivity index (χ3v) is 6.00. The number of para-hydroxylation sites is 1. The van der Waals surface area contributed by atoms with E-state index in [1.54, 1.807) is 0 Å². The molecule has 0 N–H and O–H groups in total. The smallest absolute Gasteiger partial charge is 0.0574 e. The quantitative estimate of drug-likeness (QED) is 0.322. The molecule has 0 fully saturated rings. The second-order valence-electron chi connectivity index (χ2n) is 7.22. The van der Waals surface area contributed by atoms with Crippen molar-refractivity contribution in [2.24, 2.45) is 0 Å². The molecular formula is C25H19N. The summed E-state index contributed by atoms with van der Waals surface area (Å²) < 4.78 is 2.50. The molecule has 0 atom stereocenters. The van der Waals surface area contributed by atoms with Crippen molar-refractivity contribution >= 4 is 32.6 Å². The molecular weight excluding hydrogens is 314 g/mol. The van der Waals surface area contributed by atoms with Gasteiger partial charge in [0, 0.05) is 28.2 Å². The van der Waals surface area contributed by atoms with E-state index in [-0.39, 0.29) is 0 Å². The SMILES string of the molecule is CCn1c2ccccc2c2c3c(c4ccccc4c21)-c1ccccc1C3. The van der Waals surface area contributed by atoms with Crippen LogP contribution in [0.5, 0.6) is 0 Å². The van der Waals surface area contributed by atoms with Gasteiger partial charge in [0.2, 0.25) is 0 Å². The summed E-state index contributed by atoms with van der Waals surface area (Å²) in [5, 5.41) is 5.60. The lowest BCUT2D eigenvalue weighted by molar-refractivity contribution is 0.829. The molecule has 0 aliphatic heterocycles. The van der Waals surface area contributed by atoms with E-state index in [0.29, 0.717) is 0 Å². The van der Waals surface area contributed by atoms with E-state index in [9.17, 15) is 0 Å². The van der Waals surface area contributed by atoms with Gasteiger partial charge in [-0.05, 0) is 47.1 Å². The molecule has 0 saturated carbocycles. The van der Waals surface area contributed by atoms with Gasteiger partial charge in [-0.25, -0.2) is 0 Å². The lowest BCUT2D eigenvalue weighted by Crippen LogP contribution is -1.95. The molecule has 1 aromatic heterocycles. The standard InChI is InChI=1S/C25H19N/c1-2-26-22-14-8-7-13-20(22)24-21-15-16-9-3-4-10-17(16)23(21)18-11-5-6-12-19(18)25(24)26/h3-14H,2,15H2,1H3. The van der Waals surface area contributed by atoms with Gasteiger partial charge in [0.25, 0.3) is 0 Å². The third kappa shape index (κ3) is 1.61. The minimum atomic E-state index is 0.986. The summed E-state index contributed by atoms with van der Waals surface area (Å²) >= 11 is 0. The highest BCUT2D eigenvalue weighted by atomic mass is 15.0. The second kappa shape index (κ2) is 4.98. The van der Waals surface area contributed by atoms with Gasteiger partial charge in [-0.3, -0.25) is 0 Å². The Hall–Kier alpha value is -3.06. The fraction of sp³-hybridized carbons (Fsp3) is 0.120. The maximum absolute atomic E-state index is 2.50. The molecule has 1 aliphatic carbocycles. The van der Waals surface area contributed by atoms with Gasteiger partial charge in [-0.2, -0.15) is 0 Å². The largest absolute Gasteiger partial charge is 0.340 e. The van der Waals surface area contributed by atoms with Crippen LogP contribution in [0.2, 0.25) is 0 Å². The number of aryl methyl sites for hydroxylation is 1. The van der Waals surface area contributed by atoms with Crippen LogP contribution in [0.4, 0.5) is 0 Å². The molecule has 1 nitrogen and oxygen atoms in total. The second-order valence-corrected chi connectivity index (χ2v) is 7.22. The Morgan fingerprint density at radius 3 is 2.31 bits per heavy atom. The fourth-order valence-electron chi connectivity index (χ4n) is 5.01. The van der Waals surface area contributed by atoms with Gasteiger partial charge >= 0.3 is 0 Å². The Labute approximate surface area is 152 Å². The van der Waals surface area contributed by atoms with Crippen LogP contribution in [0.15, 0.2) is 72.8 Å². The van der Waals surface area contributed by atoms with E-state index in [2.05, 4.69) is 84.3 Å². The lowest BCUT2D eigenvalue weighted by Gasteiger charge is -2.12. The van der Waals surface area contributed by atoms with Crippen LogP contribution in [0.1, 0.15) is 18.1 Å². The predicted molar refractivity (Wildman–Crippen MR) is 111 cm³/mol. The van der Waals surface area contributed by atoms with Crippen LogP contribution in [-0.4, -0.2) is 4.57 Å². The highest BCUT2D eigenvalue weighted by Crippen LogP contribution is 2.48. The Morgan fingerprint density at radius 2 is 1.46 bits per heavy atom. The Balaban J connectivity index is 1.96. The average molecular weight is 333 g/mol. The molecule has 0 bridgehead atoms. The van der Waals surface area contributed by atoms with Gasteiger partial charge < -0.3 is 4.57 Å². The zero-order chi connectivity index (χ0) is 17.3. The van der Waals surface area contributed by atoms with Gasteiger partial charge in [-0.1, -0.05) is 66.7 Å². The van der Waals surface area contributed by atoms with Crippen molar-refractivity contribution in [2.75, 3.05) is 0 Å². The zero-order valence-corrected chi connectivity index (χ0v) is 14.8. The fourth-order valence-corrected chi connectivity index (χ4v) is 5.01. The van der Waals surface area contributed by atoms with E-state index in [1.165, 1.54) is 54.8 Å². The van der Waals surface area contributed by atoms with Gasteiger partial charge in [0.15, 0.2) is 0 Å². The number of aromatic nitrogens is 1. The Kier molecular flexibility index (Phi) is 2.71. The minimum absolute atomic E-state index is 0.986. The maximum atomic E-state index is 2.50. The molecule has 0 spiro atoms. The van der Waals surface area contributed by atoms with Crippen molar-refractivity contribution < 1.29 is 0 Å². The number of hydrogen-bond donors (Lipinski definition) is 0. The van der Waals surface area contributed by atoms with Crippen molar-refractivity contribution in [3.63, 3.8) is 0 Å². The third-order valence-electron chi connectivity index (χ3n) is 6.00. The van der Waals surface area contributed by atoms with E-state index in [0.717, 1.165) is 13.0 Å². The van der Waals surface area contributed by atoms with Crippen LogP contribution in [0.3, 0.4) is 0 Å². The molecule has 4 aromatic carbocycles. The van der Waals surface area contributed by atoms with Crippen LogP contribution >= 0.6 is 0 Å². The number of hydrogen-bond acceptors (Lipinski definition) is 0. The first-order valence-corrected chi connectivity index (χ1v) is 9.41. The number of benzene rings is 4. The van der Waals surface area contributed by atoms with Crippen molar-refractivity contribution in [3.05, 3.63) is 83.9 Å². The van der Waals surface area contributed by atoms with Crippen molar-refractivity contribution in [3.8, 4) is 11.1 Å². The van der Waals surface area contributed by atoms with Gasteiger partial charge in [0.1, 0.15) is 0 Å². The Morgan fingerprint density at radius 1 is 0.769 bits per heavy atom. The lowest BCUT2D eigenvalue weighted by atomic mass is 9.93. The molecule has 0 saturated heterocycles. The normalized spacial score (nSPS) is 12.8. The minimum Gasteiger partial charge on any atom is -0.340 e. The van der Waals surface area contributed by atoms with Gasteiger partial charge in [-0.15, -0.1) is 0 Å². The molecule has 6 rings (SSSR count). The number of fused-ring (bicyclic) bond motifs is 10. The van der Waals surface area contributed by atoms with Crippen molar-refractivity contribution in [1.82, 2.24) is 4.57 Å². The molecule has 26 heavy (non-hydrogen) atoms. The van der Waals surface area contributed by atoms with Crippen molar-refractivity contribution in [2.45, 2.75) is 19.9 Å². The van der Waals surface area contributed by atoms with E-state index in [4.69, 9.17) is 0 Å². The molecule has 124 valence electrons. The topological polar surface area (TPSA) is 4.93 Å². The number of nitrogens with zero attached hydrogens (tertiary/aromatic N) is 1. The molecule has 1 aliphatic rings. The zero-order valence-electron chi connectivity index (χ0n) is 14.8. The molecule has 5 aromatic rings. The first-order valence-electron chi connectivity index (χ1n) is 9.41. The molecule has 1 heterocycles. The summed E-state index contributed by atoms with van der Waals surface area (Å²) in [6.07, 6.45) is 1.03. The monoisotopic (exact) mass is 333 g/mol. The van der Waals surface area contributed by atoms with E-state index < -0.39 is 0 Å². The number of rotatable bonds is 1. The average Bonchev–Trinajstić information content (AvgIpc) is 3.24. The van der Waals surface area contributed by atoms with Crippen LogP contribution in [-0.2, 0) is 13.0 Å². The summed E-state index contributed by atoms with van der Waals surface area (Å²) in [4.78, 5) is 0. The van der Waals surface area contributed by atoms with E-state index >= 15 is 0 Å². The van der Waals surface area contributed by atoms with Crippen LogP contribution in [0.25, 0.3) is 43.7 Å². The maximum Gasteiger partial charge on any atom is 0.0574 e. The first-order chi connectivity index (χ1) is 12.9. The van der Waals surface area contributed by atoms with Crippen LogP contribution in [0, 0.1) is 0 Å². The van der Waals surface area contributed by atoms with Gasteiger partial charge in [0.05, 0.1) is 5.52 Å². The predicted octanol–water partition coefficient (Wildman–Crippen LogP) is 6.54. The molecule has 0 radical (unpaired) electrons. The molecule has 0 unspecified atom stereocenters. The summed E-state index contributed by atoms with van der Waals surface area (Å²) in [5.41, 5.74) is 8.56. The summed E-state index contributed by atoms with van der Waals surface area (Å²) in [7, 11) is 0. The summed E-state index contributed by atoms with van der Waals surface area (Å²) in [6.45, 7) is 3.24. The summed E-state index contributed by atoms with van der Waals surface area (Å²) in [6, 6.07) is 26.7.